The van der Waals surface area contributed by atoms with Crippen LogP contribution in [-0.2, 0) is 0 Å². The van der Waals surface area contributed by atoms with E-state index in [0.29, 0.717) is 33.6 Å². The number of nitrogens with one attached hydrogen (secondary N) is 2. The van der Waals surface area contributed by atoms with Gasteiger partial charge in [0.1, 0.15) is 29.9 Å². The minimum Gasteiger partial charge on any atom is -0.489 e. The van der Waals surface area contributed by atoms with Crippen molar-refractivity contribution in [2.75, 3.05) is 11.9 Å². The predicted molar refractivity (Wildman–Crippen MR) is 112 cm³/mol. The molecule has 0 radical (unpaired) electrons. The predicted octanol–water partition coefficient (Wildman–Crippen LogP) is 3.53. The molecule has 0 spiro atoms. The molecule has 2 aromatic heterocycles. The molecule has 2 amide bonds. The van der Waals surface area contributed by atoms with E-state index in [1.807, 2.05) is 6.92 Å². The second-order valence-electron chi connectivity index (χ2n) is 7.25. The van der Waals surface area contributed by atoms with Crippen LogP contribution in [0.15, 0.2) is 30.7 Å². The normalized spacial score (nSPS) is 14.4. The molecule has 1 aliphatic carbocycles. The van der Waals surface area contributed by atoms with Gasteiger partial charge in [-0.3, -0.25) is 0 Å². The molecular formula is C20H22ClN5O4. The molecule has 1 aliphatic rings. The molecule has 0 bridgehead atoms. The van der Waals surface area contributed by atoms with E-state index in [1.165, 1.54) is 6.33 Å². The molecule has 4 rings (SSSR count). The Labute approximate surface area is 178 Å². The summed E-state index contributed by atoms with van der Waals surface area (Å²) in [5, 5.41) is 19.6. The van der Waals surface area contributed by atoms with Gasteiger partial charge in [0, 0.05) is 17.7 Å². The van der Waals surface area contributed by atoms with Gasteiger partial charge in [-0.25, -0.2) is 9.31 Å². The van der Waals surface area contributed by atoms with E-state index in [2.05, 4.69) is 20.7 Å². The highest BCUT2D eigenvalue weighted by molar-refractivity contribution is 6.33. The number of nitrogens with zero attached hydrogens (tertiary/aromatic N) is 3. The van der Waals surface area contributed by atoms with E-state index in [9.17, 15) is 9.90 Å². The van der Waals surface area contributed by atoms with E-state index < -0.39 is 6.10 Å². The lowest BCUT2D eigenvalue weighted by molar-refractivity contribution is 0.122. The molecule has 0 saturated heterocycles. The lowest BCUT2D eigenvalue weighted by Crippen LogP contribution is -2.30. The van der Waals surface area contributed by atoms with Gasteiger partial charge >= 0.3 is 6.03 Å². The number of hydrogen-bond acceptors (Lipinski definition) is 6. The highest BCUT2D eigenvalue weighted by atomic mass is 35.5. The second-order valence-corrected chi connectivity index (χ2v) is 7.66. The number of aryl methyl sites for hydroxylation is 1. The van der Waals surface area contributed by atoms with Crippen molar-refractivity contribution in [1.29, 1.82) is 0 Å². The largest absolute Gasteiger partial charge is 0.489 e. The molecule has 2 heterocycles. The highest BCUT2D eigenvalue weighted by Gasteiger charge is 2.23. The fourth-order valence-corrected chi connectivity index (χ4v) is 3.10. The van der Waals surface area contributed by atoms with E-state index in [4.69, 9.17) is 21.1 Å². The quantitative estimate of drug-likeness (QED) is 0.528. The Kier molecular flexibility index (Phi) is 5.65. The number of aliphatic hydroxyl groups is 1. The summed E-state index contributed by atoms with van der Waals surface area (Å²) < 4.78 is 13.2. The first-order valence-corrected chi connectivity index (χ1v) is 9.97. The van der Waals surface area contributed by atoms with Crippen molar-refractivity contribution in [3.8, 4) is 17.4 Å². The standard InChI is InChI=1S/C20H22ClN5O4/c1-11(27)9-29-17-8-26-18(12(17)2)19(22-10-23-26)30-14-5-6-16(15(21)7-14)25-20(28)24-13-3-4-13/h5-8,10-11,13,27H,3-4,9H2,1-2H3,(H2,24,25,28)/t11-/m0/s1. The number of benzene rings is 1. The van der Waals surface area contributed by atoms with Crippen molar-refractivity contribution in [2.24, 2.45) is 0 Å². The van der Waals surface area contributed by atoms with Crippen LogP contribution in [0.3, 0.4) is 0 Å². The molecule has 0 unspecified atom stereocenters. The van der Waals surface area contributed by atoms with Crippen molar-refractivity contribution in [3.05, 3.63) is 41.3 Å². The Morgan fingerprint density at radius 1 is 1.43 bits per heavy atom. The van der Waals surface area contributed by atoms with Crippen LogP contribution in [0, 0.1) is 6.92 Å². The van der Waals surface area contributed by atoms with Crippen molar-refractivity contribution in [2.45, 2.75) is 38.8 Å². The molecule has 9 nitrogen and oxygen atoms in total. The Bertz CT molecular complexity index is 1080. The molecule has 1 fully saturated rings. The van der Waals surface area contributed by atoms with E-state index in [1.54, 1.807) is 35.8 Å². The number of ether oxygens (including phenoxy) is 2. The van der Waals surface area contributed by atoms with Gasteiger partial charge in [-0.15, -0.1) is 0 Å². The monoisotopic (exact) mass is 431 g/mol. The van der Waals surface area contributed by atoms with Gasteiger partial charge in [0.2, 0.25) is 5.88 Å². The number of carbonyl (C=O) groups is 1. The molecule has 3 aromatic rings. The molecule has 30 heavy (non-hydrogen) atoms. The zero-order valence-electron chi connectivity index (χ0n) is 16.6. The van der Waals surface area contributed by atoms with Gasteiger partial charge < -0.3 is 25.2 Å². The molecule has 1 atom stereocenters. The fraction of sp³-hybridized carbons (Fsp3) is 0.350. The van der Waals surface area contributed by atoms with E-state index in [0.717, 1.165) is 18.4 Å². The maximum Gasteiger partial charge on any atom is 0.319 e. The SMILES string of the molecule is Cc1c(OC[C@H](C)O)cn2ncnc(Oc3ccc(NC(=O)NC4CC4)c(Cl)c3)c12. The average Bonchev–Trinajstić information content (AvgIpc) is 3.44. The number of halogens is 1. The maximum atomic E-state index is 11.9. The lowest BCUT2D eigenvalue weighted by atomic mass is 10.3. The third-order valence-corrected chi connectivity index (χ3v) is 4.86. The average molecular weight is 432 g/mol. The zero-order valence-corrected chi connectivity index (χ0v) is 17.3. The Morgan fingerprint density at radius 2 is 2.23 bits per heavy atom. The summed E-state index contributed by atoms with van der Waals surface area (Å²) in [6.07, 6.45) is 4.51. The number of aromatic nitrogens is 3. The van der Waals surface area contributed by atoms with Gasteiger partial charge in [-0.1, -0.05) is 11.6 Å². The van der Waals surface area contributed by atoms with Crippen molar-refractivity contribution < 1.29 is 19.4 Å². The first-order chi connectivity index (χ1) is 14.4. The first-order valence-electron chi connectivity index (χ1n) is 9.59. The van der Waals surface area contributed by atoms with Crippen LogP contribution < -0.4 is 20.1 Å². The van der Waals surface area contributed by atoms with Crippen LogP contribution in [0.5, 0.6) is 17.4 Å². The van der Waals surface area contributed by atoms with Crippen LogP contribution in [0.25, 0.3) is 5.52 Å². The number of carbonyl (C=O) groups excluding carboxylic acids is 1. The van der Waals surface area contributed by atoms with Crippen LogP contribution >= 0.6 is 11.6 Å². The van der Waals surface area contributed by atoms with Crippen molar-refractivity contribution in [3.63, 3.8) is 0 Å². The summed E-state index contributed by atoms with van der Waals surface area (Å²) in [5.41, 5.74) is 1.91. The lowest BCUT2D eigenvalue weighted by Gasteiger charge is -2.11. The molecule has 10 heteroatoms. The number of anilines is 1. The number of fused-ring (bicyclic) bond motifs is 1. The van der Waals surface area contributed by atoms with Crippen LogP contribution in [0.2, 0.25) is 5.02 Å². The van der Waals surface area contributed by atoms with E-state index >= 15 is 0 Å². The van der Waals surface area contributed by atoms with Gasteiger partial charge in [-0.05, 0) is 38.8 Å². The van der Waals surface area contributed by atoms with Crippen LogP contribution in [0.4, 0.5) is 10.5 Å². The molecule has 1 saturated carbocycles. The summed E-state index contributed by atoms with van der Waals surface area (Å²) in [6.45, 7) is 3.68. The first kappa shape index (κ1) is 20.2. The highest BCUT2D eigenvalue weighted by Crippen LogP contribution is 2.34. The number of amides is 2. The minimum atomic E-state index is -0.588. The number of hydrogen-bond donors (Lipinski definition) is 3. The Balaban J connectivity index is 1.53. The minimum absolute atomic E-state index is 0.166. The van der Waals surface area contributed by atoms with Crippen LogP contribution in [-0.4, -0.2) is 44.5 Å². The Hall–Kier alpha value is -3.04. The zero-order chi connectivity index (χ0) is 21.3. The maximum absolute atomic E-state index is 11.9. The fourth-order valence-electron chi connectivity index (χ4n) is 2.88. The third-order valence-electron chi connectivity index (χ3n) is 4.54. The molecule has 1 aromatic carbocycles. The molecule has 3 N–H and O–H groups in total. The number of urea groups is 1. The molecule has 158 valence electrons. The van der Waals surface area contributed by atoms with Gasteiger partial charge in [0.15, 0.2) is 0 Å². The summed E-state index contributed by atoms with van der Waals surface area (Å²) in [6, 6.07) is 4.95. The van der Waals surface area contributed by atoms with Gasteiger partial charge in [0.05, 0.1) is 23.0 Å². The number of rotatable bonds is 7. The summed E-state index contributed by atoms with van der Waals surface area (Å²) in [5.74, 6) is 1.37. The third kappa shape index (κ3) is 4.58. The Morgan fingerprint density at radius 3 is 2.93 bits per heavy atom. The van der Waals surface area contributed by atoms with Crippen molar-refractivity contribution in [1.82, 2.24) is 19.9 Å². The summed E-state index contributed by atoms with van der Waals surface area (Å²) >= 11 is 6.31. The van der Waals surface area contributed by atoms with Gasteiger partial charge in [0.25, 0.3) is 0 Å². The number of aliphatic hydroxyl groups excluding tert-OH is 1. The topological polar surface area (TPSA) is 110 Å². The second kappa shape index (κ2) is 8.37. The van der Waals surface area contributed by atoms with Crippen molar-refractivity contribution >= 4 is 28.8 Å². The molecular weight excluding hydrogens is 410 g/mol. The summed E-state index contributed by atoms with van der Waals surface area (Å²) in [4.78, 5) is 16.1. The summed E-state index contributed by atoms with van der Waals surface area (Å²) in [7, 11) is 0. The van der Waals surface area contributed by atoms with E-state index in [-0.39, 0.29) is 18.7 Å². The van der Waals surface area contributed by atoms with Crippen LogP contribution in [0.1, 0.15) is 25.3 Å². The molecule has 0 aliphatic heterocycles. The smallest absolute Gasteiger partial charge is 0.319 e. The van der Waals surface area contributed by atoms with Gasteiger partial charge in [-0.2, -0.15) is 10.1 Å².